The summed E-state index contributed by atoms with van der Waals surface area (Å²) in [6.07, 6.45) is 1.83. The zero-order chi connectivity index (χ0) is 8.27. The van der Waals surface area contributed by atoms with Crippen molar-refractivity contribution in [3.8, 4) is 0 Å². The first-order chi connectivity index (χ1) is 5.24. The van der Waals surface area contributed by atoms with E-state index < -0.39 is 6.10 Å². The fourth-order valence-electron chi connectivity index (χ4n) is 0.926. The standard InChI is InChI=1S/C7H13N3O/c1-10-6(2-3-9-10)4-7(11)5-8/h2-3,7,11H,4-5,8H2,1H3. The summed E-state index contributed by atoms with van der Waals surface area (Å²) in [4.78, 5) is 0. The highest BCUT2D eigenvalue weighted by atomic mass is 16.3. The van der Waals surface area contributed by atoms with Crippen LogP contribution in [0.3, 0.4) is 0 Å². The van der Waals surface area contributed by atoms with E-state index in [0.717, 1.165) is 5.69 Å². The maximum Gasteiger partial charge on any atom is 0.0717 e. The third-order valence-corrected chi connectivity index (χ3v) is 1.64. The molecule has 1 unspecified atom stereocenters. The fourth-order valence-corrected chi connectivity index (χ4v) is 0.926. The van der Waals surface area contributed by atoms with Gasteiger partial charge in [0.15, 0.2) is 0 Å². The summed E-state index contributed by atoms with van der Waals surface area (Å²) < 4.78 is 1.74. The van der Waals surface area contributed by atoms with Gasteiger partial charge < -0.3 is 10.8 Å². The van der Waals surface area contributed by atoms with E-state index in [4.69, 9.17) is 5.73 Å². The van der Waals surface area contributed by atoms with Gasteiger partial charge in [-0.1, -0.05) is 0 Å². The lowest BCUT2D eigenvalue weighted by atomic mass is 10.2. The van der Waals surface area contributed by atoms with Crippen LogP contribution in [0.15, 0.2) is 12.3 Å². The third kappa shape index (κ3) is 2.03. The molecule has 0 radical (unpaired) electrons. The van der Waals surface area contributed by atoms with Gasteiger partial charge in [-0.15, -0.1) is 0 Å². The molecule has 0 amide bonds. The van der Waals surface area contributed by atoms with E-state index in [1.807, 2.05) is 13.1 Å². The van der Waals surface area contributed by atoms with Crippen LogP contribution in [0.1, 0.15) is 5.69 Å². The van der Waals surface area contributed by atoms with Crippen molar-refractivity contribution in [2.45, 2.75) is 12.5 Å². The molecule has 0 aliphatic rings. The normalized spacial score (nSPS) is 13.4. The number of hydrogen-bond donors (Lipinski definition) is 2. The second-order valence-electron chi connectivity index (χ2n) is 2.54. The highest BCUT2D eigenvalue weighted by Gasteiger charge is 2.05. The van der Waals surface area contributed by atoms with Crippen LogP contribution in [-0.4, -0.2) is 27.5 Å². The molecule has 3 N–H and O–H groups in total. The molecule has 1 heterocycles. The summed E-state index contributed by atoms with van der Waals surface area (Å²) in [6, 6.07) is 1.87. The van der Waals surface area contributed by atoms with Crippen molar-refractivity contribution in [2.24, 2.45) is 12.8 Å². The molecule has 1 aromatic rings. The Bertz CT molecular complexity index is 221. The van der Waals surface area contributed by atoms with Gasteiger partial charge in [0.05, 0.1) is 6.10 Å². The van der Waals surface area contributed by atoms with Gasteiger partial charge >= 0.3 is 0 Å². The third-order valence-electron chi connectivity index (χ3n) is 1.64. The highest BCUT2D eigenvalue weighted by molar-refractivity contribution is 5.01. The molecule has 0 aliphatic carbocycles. The van der Waals surface area contributed by atoms with Crippen molar-refractivity contribution in [3.05, 3.63) is 18.0 Å². The zero-order valence-corrected chi connectivity index (χ0v) is 6.57. The minimum absolute atomic E-state index is 0.297. The first-order valence-corrected chi connectivity index (χ1v) is 3.59. The molecule has 62 valence electrons. The number of aliphatic hydroxyl groups excluding tert-OH is 1. The molecule has 0 saturated carbocycles. The summed E-state index contributed by atoms with van der Waals surface area (Å²) >= 11 is 0. The number of nitrogens with two attached hydrogens (primary N) is 1. The SMILES string of the molecule is Cn1nccc1CC(O)CN. The molecule has 0 aliphatic heterocycles. The van der Waals surface area contributed by atoms with E-state index in [2.05, 4.69) is 5.10 Å². The van der Waals surface area contributed by atoms with E-state index in [0.29, 0.717) is 13.0 Å². The molecule has 0 aromatic carbocycles. The van der Waals surface area contributed by atoms with Gasteiger partial charge in [0.25, 0.3) is 0 Å². The minimum atomic E-state index is -0.453. The Labute approximate surface area is 65.6 Å². The van der Waals surface area contributed by atoms with Gasteiger partial charge in [0, 0.05) is 31.9 Å². The van der Waals surface area contributed by atoms with Crippen LogP contribution < -0.4 is 5.73 Å². The molecule has 0 saturated heterocycles. The maximum absolute atomic E-state index is 9.19. The van der Waals surface area contributed by atoms with Crippen molar-refractivity contribution >= 4 is 0 Å². The Morgan fingerprint density at radius 1 is 1.82 bits per heavy atom. The van der Waals surface area contributed by atoms with Gasteiger partial charge in [-0.2, -0.15) is 5.10 Å². The number of aryl methyl sites for hydroxylation is 1. The molecular weight excluding hydrogens is 142 g/mol. The summed E-state index contributed by atoms with van der Waals surface area (Å²) in [5.74, 6) is 0. The molecule has 0 spiro atoms. The van der Waals surface area contributed by atoms with Gasteiger partial charge in [-0.05, 0) is 6.07 Å². The molecule has 1 aromatic heterocycles. The second-order valence-corrected chi connectivity index (χ2v) is 2.54. The monoisotopic (exact) mass is 155 g/mol. The van der Waals surface area contributed by atoms with Crippen LogP contribution in [0, 0.1) is 0 Å². The average Bonchev–Trinajstić information content (AvgIpc) is 2.37. The van der Waals surface area contributed by atoms with Crippen LogP contribution in [0.25, 0.3) is 0 Å². The predicted molar refractivity (Wildman–Crippen MR) is 42.0 cm³/mol. The van der Waals surface area contributed by atoms with Crippen molar-refractivity contribution in [2.75, 3.05) is 6.54 Å². The maximum atomic E-state index is 9.19. The molecule has 11 heavy (non-hydrogen) atoms. The van der Waals surface area contributed by atoms with Gasteiger partial charge in [-0.25, -0.2) is 0 Å². The molecule has 4 nitrogen and oxygen atoms in total. The number of nitrogens with zero attached hydrogens (tertiary/aromatic N) is 2. The summed E-state index contributed by atoms with van der Waals surface area (Å²) in [7, 11) is 1.85. The van der Waals surface area contributed by atoms with Crippen LogP contribution in [-0.2, 0) is 13.5 Å². The van der Waals surface area contributed by atoms with Gasteiger partial charge in [-0.3, -0.25) is 4.68 Å². The molecule has 0 fully saturated rings. The van der Waals surface area contributed by atoms with E-state index in [1.54, 1.807) is 10.9 Å². The van der Waals surface area contributed by atoms with Crippen LogP contribution in [0.5, 0.6) is 0 Å². The Hall–Kier alpha value is -0.870. The number of hydrogen-bond acceptors (Lipinski definition) is 3. The molecular formula is C7H13N3O. The fraction of sp³-hybridized carbons (Fsp3) is 0.571. The Kier molecular flexibility index (Phi) is 2.62. The minimum Gasteiger partial charge on any atom is -0.391 e. The van der Waals surface area contributed by atoms with Crippen molar-refractivity contribution < 1.29 is 5.11 Å². The Morgan fingerprint density at radius 3 is 3.00 bits per heavy atom. The van der Waals surface area contributed by atoms with E-state index in [1.165, 1.54) is 0 Å². The lowest BCUT2D eigenvalue weighted by Gasteiger charge is -2.06. The predicted octanol–water partition coefficient (Wildman–Crippen LogP) is -0.718. The molecule has 1 rings (SSSR count). The number of rotatable bonds is 3. The van der Waals surface area contributed by atoms with E-state index in [9.17, 15) is 5.11 Å². The molecule has 1 atom stereocenters. The zero-order valence-electron chi connectivity index (χ0n) is 6.57. The summed E-state index contributed by atoms with van der Waals surface area (Å²) in [5, 5.41) is 13.2. The Balaban J connectivity index is 2.56. The van der Waals surface area contributed by atoms with E-state index in [-0.39, 0.29) is 0 Å². The molecule has 4 heteroatoms. The highest BCUT2D eigenvalue weighted by Crippen LogP contribution is 1.99. The first-order valence-electron chi connectivity index (χ1n) is 3.59. The van der Waals surface area contributed by atoms with Crippen molar-refractivity contribution in [3.63, 3.8) is 0 Å². The number of aliphatic hydroxyl groups is 1. The summed E-state index contributed by atoms with van der Waals surface area (Å²) in [6.45, 7) is 0.297. The smallest absolute Gasteiger partial charge is 0.0717 e. The topological polar surface area (TPSA) is 64.1 Å². The van der Waals surface area contributed by atoms with Gasteiger partial charge in [0.1, 0.15) is 0 Å². The number of aromatic nitrogens is 2. The second kappa shape index (κ2) is 3.50. The first kappa shape index (κ1) is 8.23. The van der Waals surface area contributed by atoms with Gasteiger partial charge in [0.2, 0.25) is 0 Å². The van der Waals surface area contributed by atoms with E-state index >= 15 is 0 Å². The summed E-state index contributed by atoms with van der Waals surface area (Å²) in [5.41, 5.74) is 6.26. The largest absolute Gasteiger partial charge is 0.391 e. The van der Waals surface area contributed by atoms with Crippen molar-refractivity contribution in [1.82, 2.24) is 9.78 Å². The quantitative estimate of drug-likeness (QED) is 0.605. The van der Waals surface area contributed by atoms with Crippen LogP contribution >= 0.6 is 0 Å². The lowest BCUT2D eigenvalue weighted by molar-refractivity contribution is 0.181. The lowest BCUT2D eigenvalue weighted by Crippen LogP contribution is -2.23. The Morgan fingerprint density at radius 2 is 2.55 bits per heavy atom. The molecule has 0 bridgehead atoms. The average molecular weight is 155 g/mol. The van der Waals surface area contributed by atoms with Crippen LogP contribution in [0.4, 0.5) is 0 Å². The van der Waals surface area contributed by atoms with Crippen molar-refractivity contribution in [1.29, 1.82) is 0 Å². The van der Waals surface area contributed by atoms with Crippen LogP contribution in [0.2, 0.25) is 0 Å².